The third-order valence-corrected chi connectivity index (χ3v) is 8.87. The van der Waals surface area contributed by atoms with Gasteiger partial charge in [-0.05, 0) is 88.2 Å². The van der Waals surface area contributed by atoms with E-state index in [1.54, 1.807) is 49.4 Å². The number of carbonyl (C=O) groups is 2. The molecule has 7 nitrogen and oxygen atoms in total. The van der Waals surface area contributed by atoms with Crippen LogP contribution in [-0.2, 0) is 26.2 Å². The fraction of sp³-hybridized carbons (Fsp3) is 0.333. The summed E-state index contributed by atoms with van der Waals surface area (Å²) in [6.07, 6.45) is 0.285. The second-order valence-electron chi connectivity index (χ2n) is 10.7. The Kier molecular flexibility index (Phi) is 10.7. The van der Waals surface area contributed by atoms with Crippen molar-refractivity contribution >= 4 is 62.3 Å². The zero-order valence-electron chi connectivity index (χ0n) is 23.6. The van der Waals surface area contributed by atoms with Crippen LogP contribution in [0.3, 0.4) is 0 Å². The van der Waals surface area contributed by atoms with Gasteiger partial charge in [0.2, 0.25) is 11.8 Å². The third-order valence-electron chi connectivity index (χ3n) is 6.24. The summed E-state index contributed by atoms with van der Waals surface area (Å²) in [5.41, 5.74) is 1.24. The number of anilines is 1. The third kappa shape index (κ3) is 8.61. The van der Waals surface area contributed by atoms with Crippen LogP contribution in [0.2, 0.25) is 15.1 Å². The normalized spacial score (nSPS) is 12.5. The lowest BCUT2D eigenvalue weighted by atomic mass is 10.1. The van der Waals surface area contributed by atoms with Crippen LogP contribution >= 0.6 is 34.8 Å². The van der Waals surface area contributed by atoms with E-state index in [1.165, 1.54) is 29.2 Å². The summed E-state index contributed by atoms with van der Waals surface area (Å²) in [6.45, 7) is 8.61. The molecule has 0 saturated heterocycles. The van der Waals surface area contributed by atoms with E-state index in [-0.39, 0.29) is 23.8 Å². The Bertz CT molecular complexity index is 1490. The number of hydrogen-bond acceptors (Lipinski definition) is 4. The molecule has 0 fully saturated rings. The number of carbonyl (C=O) groups excluding carboxylic acids is 2. The fourth-order valence-corrected chi connectivity index (χ4v) is 6.19. The summed E-state index contributed by atoms with van der Waals surface area (Å²) in [7, 11) is -4.20. The van der Waals surface area contributed by atoms with E-state index in [0.29, 0.717) is 26.3 Å². The van der Waals surface area contributed by atoms with Gasteiger partial charge in [-0.25, -0.2) is 8.42 Å². The zero-order chi connectivity index (χ0) is 30.5. The number of amides is 2. The molecule has 0 spiro atoms. The maximum atomic E-state index is 14.1. The number of benzene rings is 3. The summed E-state index contributed by atoms with van der Waals surface area (Å²) in [6, 6.07) is 16.5. The number of aryl methyl sites for hydroxylation is 1. The molecule has 220 valence electrons. The zero-order valence-corrected chi connectivity index (χ0v) is 26.7. The van der Waals surface area contributed by atoms with Gasteiger partial charge in [-0.3, -0.25) is 13.9 Å². The smallest absolute Gasteiger partial charge is 0.264 e. The van der Waals surface area contributed by atoms with Crippen molar-refractivity contribution in [3.63, 3.8) is 0 Å². The number of halogens is 3. The number of nitrogens with one attached hydrogen (secondary N) is 1. The largest absolute Gasteiger partial charge is 0.350 e. The molecule has 0 aliphatic rings. The lowest BCUT2D eigenvalue weighted by Gasteiger charge is -2.35. The van der Waals surface area contributed by atoms with Crippen LogP contribution < -0.4 is 9.62 Å². The Hall–Kier alpha value is -2.78. The van der Waals surface area contributed by atoms with Gasteiger partial charge in [-0.15, -0.1) is 0 Å². The van der Waals surface area contributed by atoms with Gasteiger partial charge in [0.1, 0.15) is 12.6 Å². The highest BCUT2D eigenvalue weighted by molar-refractivity contribution is 7.92. The van der Waals surface area contributed by atoms with Gasteiger partial charge in [-0.1, -0.05) is 65.5 Å². The van der Waals surface area contributed by atoms with E-state index < -0.39 is 34.1 Å². The number of nitrogens with zero attached hydrogens (tertiary/aromatic N) is 2. The maximum absolute atomic E-state index is 14.1. The van der Waals surface area contributed by atoms with Gasteiger partial charge < -0.3 is 10.2 Å². The fourth-order valence-electron chi connectivity index (χ4n) is 4.18. The molecule has 0 saturated carbocycles. The molecule has 1 N–H and O–H groups in total. The standard InChI is InChI=1S/C30H34Cl3N3O4S/c1-6-27(29(38)34-30(3,4)5)35(18-21-9-10-23(32)17-26(21)33)28(37)19-36(24-13-7-20(2)8-14-24)41(39,40)25-15-11-22(31)12-16-25/h7-17,27H,6,18-19H2,1-5H3,(H,34,38)/t27-/m0/s1. The molecule has 1 atom stereocenters. The van der Waals surface area contributed by atoms with E-state index in [4.69, 9.17) is 34.8 Å². The molecule has 0 unspecified atom stereocenters. The van der Waals surface area contributed by atoms with E-state index in [2.05, 4.69) is 5.32 Å². The molecule has 0 radical (unpaired) electrons. The highest BCUT2D eigenvalue weighted by Gasteiger charge is 2.35. The van der Waals surface area contributed by atoms with Crippen molar-refractivity contribution in [1.29, 1.82) is 0 Å². The van der Waals surface area contributed by atoms with Crippen molar-refractivity contribution in [2.45, 2.75) is 64.1 Å². The molecule has 3 aromatic rings. The van der Waals surface area contributed by atoms with E-state index in [1.807, 2.05) is 27.7 Å². The molecular formula is C30H34Cl3N3O4S. The summed E-state index contributed by atoms with van der Waals surface area (Å²) in [4.78, 5) is 28.9. The van der Waals surface area contributed by atoms with Crippen molar-refractivity contribution in [2.24, 2.45) is 0 Å². The Balaban J connectivity index is 2.09. The van der Waals surface area contributed by atoms with Crippen LogP contribution in [0.1, 0.15) is 45.2 Å². The SMILES string of the molecule is CC[C@@H](C(=O)NC(C)(C)C)N(Cc1ccc(Cl)cc1Cl)C(=O)CN(c1ccc(C)cc1)S(=O)(=O)c1ccc(Cl)cc1. The Morgan fingerprint density at radius 3 is 2.02 bits per heavy atom. The van der Waals surface area contributed by atoms with Crippen LogP contribution in [0.5, 0.6) is 0 Å². The van der Waals surface area contributed by atoms with Gasteiger partial charge in [0.15, 0.2) is 0 Å². The second-order valence-corrected chi connectivity index (χ2v) is 13.9. The number of rotatable bonds is 10. The molecule has 0 bridgehead atoms. The first kappa shape index (κ1) is 32.7. The molecular weight excluding hydrogens is 605 g/mol. The summed E-state index contributed by atoms with van der Waals surface area (Å²) >= 11 is 18.5. The van der Waals surface area contributed by atoms with Gasteiger partial charge >= 0.3 is 0 Å². The Morgan fingerprint density at radius 1 is 0.902 bits per heavy atom. The predicted molar refractivity (Wildman–Crippen MR) is 166 cm³/mol. The van der Waals surface area contributed by atoms with Crippen LogP contribution in [0.4, 0.5) is 5.69 Å². The summed E-state index contributed by atoms with van der Waals surface area (Å²) in [5.74, 6) is -0.939. The maximum Gasteiger partial charge on any atom is 0.264 e. The van der Waals surface area contributed by atoms with Crippen LogP contribution in [0, 0.1) is 6.92 Å². The lowest BCUT2D eigenvalue weighted by Crippen LogP contribution is -2.55. The highest BCUT2D eigenvalue weighted by atomic mass is 35.5. The quantitative estimate of drug-likeness (QED) is 0.263. The molecule has 11 heteroatoms. The first-order valence-corrected chi connectivity index (χ1v) is 15.6. The topological polar surface area (TPSA) is 86.8 Å². The minimum absolute atomic E-state index is 0.0277. The molecule has 0 aliphatic carbocycles. The van der Waals surface area contributed by atoms with Crippen LogP contribution in [0.15, 0.2) is 71.6 Å². The lowest BCUT2D eigenvalue weighted by molar-refractivity contribution is -0.141. The van der Waals surface area contributed by atoms with Crippen LogP contribution in [0.25, 0.3) is 0 Å². The molecule has 0 aliphatic heterocycles. The molecule has 2 amide bonds. The van der Waals surface area contributed by atoms with E-state index in [9.17, 15) is 18.0 Å². The van der Waals surface area contributed by atoms with E-state index >= 15 is 0 Å². The number of hydrogen-bond donors (Lipinski definition) is 1. The van der Waals surface area contributed by atoms with Crippen molar-refractivity contribution < 1.29 is 18.0 Å². The number of sulfonamides is 1. The average molecular weight is 639 g/mol. The van der Waals surface area contributed by atoms with Gasteiger partial charge in [0.05, 0.1) is 10.6 Å². The first-order valence-electron chi connectivity index (χ1n) is 13.0. The molecule has 3 rings (SSSR count). The molecule has 0 heterocycles. The average Bonchev–Trinajstić information content (AvgIpc) is 2.88. The second kappa shape index (κ2) is 13.5. The van der Waals surface area contributed by atoms with Crippen molar-refractivity contribution in [2.75, 3.05) is 10.8 Å². The first-order chi connectivity index (χ1) is 19.1. The predicted octanol–water partition coefficient (Wildman–Crippen LogP) is 6.87. The minimum Gasteiger partial charge on any atom is -0.350 e. The summed E-state index contributed by atoms with van der Waals surface area (Å²) < 4.78 is 28.8. The molecule has 3 aromatic carbocycles. The van der Waals surface area contributed by atoms with Crippen molar-refractivity contribution in [3.05, 3.63) is 92.9 Å². The van der Waals surface area contributed by atoms with Crippen molar-refractivity contribution in [1.82, 2.24) is 10.2 Å². The Morgan fingerprint density at radius 2 is 1.49 bits per heavy atom. The van der Waals surface area contributed by atoms with Gasteiger partial charge in [0.25, 0.3) is 10.0 Å². The minimum atomic E-state index is -4.20. The van der Waals surface area contributed by atoms with Crippen molar-refractivity contribution in [3.8, 4) is 0 Å². The molecule has 0 aromatic heterocycles. The molecule has 41 heavy (non-hydrogen) atoms. The highest BCUT2D eigenvalue weighted by Crippen LogP contribution is 2.28. The van der Waals surface area contributed by atoms with Crippen LogP contribution in [-0.4, -0.2) is 43.3 Å². The monoisotopic (exact) mass is 637 g/mol. The van der Waals surface area contributed by atoms with Gasteiger partial charge in [-0.2, -0.15) is 0 Å². The summed E-state index contributed by atoms with van der Waals surface area (Å²) in [5, 5.41) is 4.06. The Labute approximate surface area is 257 Å². The van der Waals surface area contributed by atoms with Gasteiger partial charge in [0, 0.05) is 27.2 Å². The van der Waals surface area contributed by atoms with E-state index in [0.717, 1.165) is 9.87 Å².